The van der Waals surface area contributed by atoms with Crippen molar-refractivity contribution in [3.8, 4) is 0 Å². The molecule has 0 fully saturated rings. The van der Waals surface area contributed by atoms with E-state index in [2.05, 4.69) is 47.0 Å². The minimum atomic E-state index is -0.0363. The molecule has 3 rings (SSSR count). The Labute approximate surface area is 142 Å². The Kier molecular flexibility index (Phi) is 4.47. The summed E-state index contributed by atoms with van der Waals surface area (Å²) in [4.78, 5) is 12.2. The summed E-state index contributed by atoms with van der Waals surface area (Å²) in [5.74, 6) is -0.0363. The SMILES string of the molecule is CCc1ccc2occ(CC(=O)Nc3ccc(I)cc3)c2c1. The van der Waals surface area contributed by atoms with Crippen LogP contribution in [-0.4, -0.2) is 5.91 Å². The quantitative estimate of drug-likeness (QED) is 0.635. The number of benzene rings is 2. The van der Waals surface area contributed by atoms with E-state index in [0.717, 1.165) is 32.2 Å². The Balaban J connectivity index is 1.77. The number of amides is 1. The standard InChI is InChI=1S/C18H16INO2/c1-2-12-3-8-17-16(9-12)13(11-22-17)10-18(21)20-15-6-4-14(19)5-7-15/h3-9,11H,2,10H2,1H3,(H,20,21). The summed E-state index contributed by atoms with van der Waals surface area (Å²) in [6.45, 7) is 2.12. The van der Waals surface area contributed by atoms with Crippen molar-refractivity contribution in [1.82, 2.24) is 0 Å². The highest BCUT2D eigenvalue weighted by Gasteiger charge is 2.11. The first kappa shape index (κ1) is 15.1. The molecule has 112 valence electrons. The maximum Gasteiger partial charge on any atom is 0.228 e. The van der Waals surface area contributed by atoms with Crippen LogP contribution in [0.2, 0.25) is 0 Å². The fourth-order valence-corrected chi connectivity index (χ4v) is 2.76. The maximum absolute atomic E-state index is 12.2. The van der Waals surface area contributed by atoms with Crippen LogP contribution < -0.4 is 5.32 Å². The summed E-state index contributed by atoms with van der Waals surface area (Å²) >= 11 is 2.24. The summed E-state index contributed by atoms with van der Waals surface area (Å²) < 4.78 is 6.68. The molecule has 2 aromatic carbocycles. The van der Waals surface area contributed by atoms with Crippen LogP contribution in [0.5, 0.6) is 0 Å². The third kappa shape index (κ3) is 3.32. The molecule has 1 heterocycles. The van der Waals surface area contributed by atoms with Crippen LogP contribution in [0.15, 0.2) is 53.1 Å². The molecule has 0 unspecified atom stereocenters. The molecule has 0 aliphatic carbocycles. The Morgan fingerprint density at radius 2 is 1.95 bits per heavy atom. The summed E-state index contributed by atoms with van der Waals surface area (Å²) in [6.07, 6.45) is 2.96. The van der Waals surface area contributed by atoms with E-state index >= 15 is 0 Å². The fraction of sp³-hybridized carbons (Fsp3) is 0.167. The lowest BCUT2D eigenvalue weighted by Crippen LogP contribution is -2.14. The second kappa shape index (κ2) is 6.52. The van der Waals surface area contributed by atoms with Gasteiger partial charge < -0.3 is 9.73 Å². The zero-order valence-electron chi connectivity index (χ0n) is 12.2. The number of carbonyl (C=O) groups excluding carboxylic acids is 1. The zero-order valence-corrected chi connectivity index (χ0v) is 14.4. The molecule has 22 heavy (non-hydrogen) atoms. The third-order valence-electron chi connectivity index (χ3n) is 3.61. The molecule has 3 nitrogen and oxygen atoms in total. The highest BCUT2D eigenvalue weighted by Crippen LogP contribution is 2.23. The molecule has 3 aromatic rings. The van der Waals surface area contributed by atoms with E-state index in [-0.39, 0.29) is 5.91 Å². The van der Waals surface area contributed by atoms with E-state index < -0.39 is 0 Å². The minimum Gasteiger partial charge on any atom is -0.464 e. The number of halogens is 1. The first-order chi connectivity index (χ1) is 10.7. The lowest BCUT2D eigenvalue weighted by molar-refractivity contribution is -0.115. The largest absolute Gasteiger partial charge is 0.464 e. The predicted molar refractivity (Wildman–Crippen MR) is 97.1 cm³/mol. The number of furan rings is 1. The van der Waals surface area contributed by atoms with E-state index in [1.165, 1.54) is 5.56 Å². The van der Waals surface area contributed by atoms with E-state index in [9.17, 15) is 4.79 Å². The highest BCUT2D eigenvalue weighted by molar-refractivity contribution is 14.1. The van der Waals surface area contributed by atoms with Gasteiger partial charge in [0.15, 0.2) is 0 Å². The van der Waals surface area contributed by atoms with Gasteiger partial charge in [0.25, 0.3) is 0 Å². The van der Waals surface area contributed by atoms with Gasteiger partial charge in [-0.25, -0.2) is 0 Å². The topological polar surface area (TPSA) is 42.2 Å². The summed E-state index contributed by atoms with van der Waals surface area (Å²) in [6, 6.07) is 13.9. The van der Waals surface area contributed by atoms with Crippen LogP contribution in [0.1, 0.15) is 18.1 Å². The van der Waals surface area contributed by atoms with Crippen molar-refractivity contribution >= 4 is 45.2 Å². The van der Waals surface area contributed by atoms with Gasteiger partial charge >= 0.3 is 0 Å². The number of hydrogen-bond acceptors (Lipinski definition) is 2. The van der Waals surface area contributed by atoms with Crippen LogP contribution in [-0.2, 0) is 17.6 Å². The van der Waals surface area contributed by atoms with Crippen LogP contribution in [0.25, 0.3) is 11.0 Å². The van der Waals surface area contributed by atoms with Crippen LogP contribution >= 0.6 is 22.6 Å². The molecule has 0 bridgehead atoms. The molecule has 0 spiro atoms. The van der Waals surface area contributed by atoms with Gasteiger partial charge in [-0.15, -0.1) is 0 Å². The average molecular weight is 405 g/mol. The zero-order chi connectivity index (χ0) is 15.5. The van der Waals surface area contributed by atoms with Crippen LogP contribution in [0, 0.1) is 3.57 Å². The lowest BCUT2D eigenvalue weighted by Gasteiger charge is -2.05. The number of hydrogen-bond donors (Lipinski definition) is 1. The molecule has 1 aromatic heterocycles. The fourth-order valence-electron chi connectivity index (χ4n) is 2.40. The maximum atomic E-state index is 12.2. The average Bonchev–Trinajstić information content (AvgIpc) is 2.91. The van der Waals surface area contributed by atoms with Gasteiger partial charge in [-0.1, -0.05) is 13.0 Å². The van der Waals surface area contributed by atoms with Crippen molar-refractivity contribution < 1.29 is 9.21 Å². The summed E-state index contributed by atoms with van der Waals surface area (Å²) in [7, 11) is 0. The first-order valence-corrected chi connectivity index (χ1v) is 8.28. The van der Waals surface area contributed by atoms with E-state index in [4.69, 9.17) is 4.42 Å². The molecule has 0 saturated heterocycles. The minimum absolute atomic E-state index is 0.0363. The highest BCUT2D eigenvalue weighted by atomic mass is 127. The first-order valence-electron chi connectivity index (χ1n) is 7.20. The van der Waals surface area contributed by atoms with E-state index in [1.807, 2.05) is 30.3 Å². The molecular formula is C18H16INO2. The number of carbonyl (C=O) groups is 1. The smallest absolute Gasteiger partial charge is 0.228 e. The molecule has 1 amide bonds. The molecule has 0 radical (unpaired) electrons. The van der Waals surface area contributed by atoms with Crippen molar-refractivity contribution in [2.75, 3.05) is 5.32 Å². The second-order valence-electron chi connectivity index (χ2n) is 5.18. The van der Waals surface area contributed by atoms with Gasteiger partial charge in [0.05, 0.1) is 12.7 Å². The van der Waals surface area contributed by atoms with Crippen LogP contribution in [0.4, 0.5) is 5.69 Å². The van der Waals surface area contributed by atoms with Crippen molar-refractivity contribution in [1.29, 1.82) is 0 Å². The van der Waals surface area contributed by atoms with Gasteiger partial charge in [0, 0.05) is 20.2 Å². The van der Waals surface area contributed by atoms with Crippen molar-refractivity contribution in [3.05, 3.63) is 63.4 Å². The predicted octanol–water partition coefficient (Wildman–Crippen LogP) is 4.78. The molecule has 0 aliphatic rings. The number of aryl methyl sites for hydroxylation is 1. The van der Waals surface area contributed by atoms with Crippen molar-refractivity contribution in [3.63, 3.8) is 0 Å². The molecule has 0 saturated carbocycles. The Bertz CT molecular complexity index is 806. The number of rotatable bonds is 4. The Hall–Kier alpha value is -1.82. The number of fused-ring (bicyclic) bond motifs is 1. The van der Waals surface area contributed by atoms with Crippen LogP contribution in [0.3, 0.4) is 0 Å². The van der Waals surface area contributed by atoms with Gasteiger partial charge in [-0.05, 0) is 71.0 Å². The van der Waals surface area contributed by atoms with Gasteiger partial charge in [0.1, 0.15) is 5.58 Å². The normalized spacial score (nSPS) is 10.8. The second-order valence-corrected chi connectivity index (χ2v) is 6.42. The lowest BCUT2D eigenvalue weighted by atomic mass is 10.1. The Morgan fingerprint density at radius 1 is 1.18 bits per heavy atom. The molecule has 0 aliphatic heterocycles. The summed E-state index contributed by atoms with van der Waals surface area (Å²) in [5.41, 5.74) is 3.81. The molecule has 0 atom stereocenters. The van der Waals surface area contributed by atoms with E-state index in [1.54, 1.807) is 6.26 Å². The van der Waals surface area contributed by atoms with Gasteiger partial charge in [-0.2, -0.15) is 0 Å². The Morgan fingerprint density at radius 3 is 2.68 bits per heavy atom. The molecular weight excluding hydrogens is 389 g/mol. The monoisotopic (exact) mass is 405 g/mol. The van der Waals surface area contributed by atoms with Gasteiger partial charge in [0.2, 0.25) is 5.91 Å². The molecule has 4 heteroatoms. The van der Waals surface area contributed by atoms with E-state index in [0.29, 0.717) is 6.42 Å². The number of nitrogens with one attached hydrogen (secondary N) is 1. The number of anilines is 1. The van der Waals surface area contributed by atoms with Crippen molar-refractivity contribution in [2.24, 2.45) is 0 Å². The third-order valence-corrected chi connectivity index (χ3v) is 4.32. The van der Waals surface area contributed by atoms with Crippen molar-refractivity contribution in [2.45, 2.75) is 19.8 Å². The summed E-state index contributed by atoms with van der Waals surface area (Å²) in [5, 5.41) is 3.94. The van der Waals surface area contributed by atoms with Gasteiger partial charge in [-0.3, -0.25) is 4.79 Å². The molecule has 1 N–H and O–H groups in total.